The molecule has 1 heterocycles. The summed E-state index contributed by atoms with van der Waals surface area (Å²) in [5, 5.41) is 0.765. The number of aromatic nitrogens is 1. The molecule has 15 heavy (non-hydrogen) atoms. The van der Waals surface area contributed by atoms with Gasteiger partial charge in [0.15, 0.2) is 12.4 Å². The van der Waals surface area contributed by atoms with Crippen molar-refractivity contribution in [2.45, 2.75) is 0 Å². The Kier molecular flexibility index (Phi) is 3.15. The lowest BCUT2D eigenvalue weighted by Crippen LogP contribution is -1.96. The lowest BCUT2D eigenvalue weighted by molar-refractivity contribution is -0.378. The summed E-state index contributed by atoms with van der Waals surface area (Å²) in [4.78, 5) is 2.99. The van der Waals surface area contributed by atoms with Gasteiger partial charge in [0.1, 0.15) is 0 Å². The molecule has 0 bridgehead atoms. The molecule has 0 saturated heterocycles. The average molecular weight is 217 g/mol. The molecule has 0 amide bonds. The zero-order valence-corrected chi connectivity index (χ0v) is 8.91. The van der Waals surface area contributed by atoms with Crippen LogP contribution in [0, 0.1) is 0 Å². The summed E-state index contributed by atoms with van der Waals surface area (Å²) in [6.07, 6.45) is 7.94. The number of rotatable bonds is 2. The van der Waals surface area contributed by atoms with Crippen LogP contribution in [0.15, 0.2) is 48.8 Å². The monoisotopic (exact) mass is 216 g/mol. The zero-order valence-electron chi connectivity index (χ0n) is 8.15. The van der Waals surface area contributed by atoms with E-state index in [0.29, 0.717) is 0 Å². The highest BCUT2D eigenvalue weighted by Gasteiger charge is 1.89. The third-order valence-corrected chi connectivity index (χ3v) is 2.33. The first kappa shape index (κ1) is 9.94. The summed E-state index contributed by atoms with van der Waals surface area (Å²) < 4.78 is 0. The van der Waals surface area contributed by atoms with Crippen molar-refractivity contribution in [2.75, 3.05) is 0 Å². The van der Waals surface area contributed by atoms with Gasteiger partial charge in [-0.15, -0.1) is 0 Å². The number of H-pyrrole nitrogens is 1. The molecule has 1 N–H and O–H groups in total. The van der Waals surface area contributed by atoms with Crippen molar-refractivity contribution in [3.8, 4) is 0 Å². The minimum Gasteiger partial charge on any atom is -0.218 e. The normalized spacial score (nSPS) is 10.7. The molecule has 0 unspecified atom stereocenters. The highest BCUT2D eigenvalue weighted by Crippen LogP contribution is 2.12. The first-order valence-electron chi connectivity index (χ1n) is 4.74. The van der Waals surface area contributed by atoms with Gasteiger partial charge in [0.25, 0.3) is 0 Å². The van der Waals surface area contributed by atoms with Crippen LogP contribution >= 0.6 is 11.6 Å². The standard InChI is InChI=1S/C13H10ClN/c14-13-5-3-11(4-6-13)1-2-12-7-9-15-10-8-12/h1-10H/p+1/b2-1+. The van der Waals surface area contributed by atoms with Gasteiger partial charge in [-0.3, -0.25) is 0 Å². The van der Waals surface area contributed by atoms with Gasteiger partial charge in [0.05, 0.1) is 0 Å². The Bertz CT molecular complexity index is 446. The molecule has 0 aliphatic heterocycles. The van der Waals surface area contributed by atoms with Gasteiger partial charge in [0.2, 0.25) is 0 Å². The van der Waals surface area contributed by atoms with Crippen LogP contribution in [0.3, 0.4) is 0 Å². The van der Waals surface area contributed by atoms with Crippen LogP contribution in [0.25, 0.3) is 12.2 Å². The van der Waals surface area contributed by atoms with Crippen molar-refractivity contribution in [3.63, 3.8) is 0 Å². The van der Waals surface area contributed by atoms with E-state index in [-0.39, 0.29) is 0 Å². The quantitative estimate of drug-likeness (QED) is 0.731. The van der Waals surface area contributed by atoms with E-state index in [2.05, 4.69) is 17.1 Å². The van der Waals surface area contributed by atoms with E-state index in [4.69, 9.17) is 11.6 Å². The minimum absolute atomic E-state index is 0.765. The summed E-state index contributed by atoms with van der Waals surface area (Å²) in [6.45, 7) is 0. The molecular formula is C13H11ClN+. The van der Waals surface area contributed by atoms with Crippen molar-refractivity contribution in [2.24, 2.45) is 0 Å². The average Bonchev–Trinajstić information content (AvgIpc) is 2.30. The van der Waals surface area contributed by atoms with Gasteiger partial charge in [0, 0.05) is 17.2 Å². The number of nitrogens with one attached hydrogen (secondary N) is 1. The van der Waals surface area contributed by atoms with Crippen molar-refractivity contribution < 1.29 is 4.98 Å². The largest absolute Gasteiger partial charge is 0.218 e. The van der Waals surface area contributed by atoms with E-state index in [1.807, 2.05) is 48.8 Å². The maximum atomic E-state index is 5.80. The zero-order chi connectivity index (χ0) is 10.5. The molecule has 1 nitrogen and oxygen atoms in total. The predicted octanol–water partition coefficient (Wildman–Crippen LogP) is 3.32. The number of pyridine rings is 1. The molecule has 0 fully saturated rings. The Morgan fingerprint density at radius 3 is 1.93 bits per heavy atom. The van der Waals surface area contributed by atoms with E-state index in [9.17, 15) is 0 Å². The smallest absolute Gasteiger partial charge is 0.167 e. The summed E-state index contributed by atoms with van der Waals surface area (Å²) in [5.41, 5.74) is 2.32. The van der Waals surface area contributed by atoms with Crippen LogP contribution in [-0.4, -0.2) is 0 Å². The fourth-order valence-electron chi connectivity index (χ4n) is 1.28. The van der Waals surface area contributed by atoms with Gasteiger partial charge in [-0.1, -0.05) is 35.9 Å². The Morgan fingerprint density at radius 2 is 1.33 bits per heavy atom. The van der Waals surface area contributed by atoms with Crippen LogP contribution < -0.4 is 4.98 Å². The highest BCUT2D eigenvalue weighted by molar-refractivity contribution is 6.30. The van der Waals surface area contributed by atoms with Crippen molar-refractivity contribution in [3.05, 3.63) is 64.9 Å². The maximum absolute atomic E-state index is 5.80. The third-order valence-electron chi connectivity index (χ3n) is 2.08. The topological polar surface area (TPSA) is 14.1 Å². The second kappa shape index (κ2) is 4.76. The Labute approximate surface area is 94.1 Å². The first-order valence-corrected chi connectivity index (χ1v) is 5.12. The summed E-state index contributed by atoms with van der Waals surface area (Å²) in [6, 6.07) is 11.8. The van der Waals surface area contributed by atoms with Gasteiger partial charge >= 0.3 is 0 Å². The predicted molar refractivity (Wildman–Crippen MR) is 63.4 cm³/mol. The van der Waals surface area contributed by atoms with Crippen LogP contribution in [0.1, 0.15) is 11.1 Å². The lowest BCUT2D eigenvalue weighted by Gasteiger charge is -1.93. The first-order chi connectivity index (χ1) is 7.34. The summed E-state index contributed by atoms with van der Waals surface area (Å²) >= 11 is 5.80. The van der Waals surface area contributed by atoms with E-state index >= 15 is 0 Å². The Hall–Kier alpha value is -1.60. The number of aromatic amines is 1. The number of benzene rings is 1. The third kappa shape index (κ3) is 2.93. The summed E-state index contributed by atoms with van der Waals surface area (Å²) in [7, 11) is 0. The molecule has 0 aliphatic rings. The Morgan fingerprint density at radius 1 is 0.800 bits per heavy atom. The molecule has 0 saturated carbocycles. The lowest BCUT2D eigenvalue weighted by atomic mass is 10.1. The molecule has 2 heteroatoms. The Balaban J connectivity index is 2.15. The van der Waals surface area contributed by atoms with Gasteiger partial charge in [-0.25, -0.2) is 4.98 Å². The molecule has 2 rings (SSSR count). The fraction of sp³-hybridized carbons (Fsp3) is 0. The van der Waals surface area contributed by atoms with Crippen LogP contribution in [0.5, 0.6) is 0 Å². The van der Waals surface area contributed by atoms with Crippen molar-refractivity contribution in [1.82, 2.24) is 0 Å². The second-order valence-electron chi connectivity index (χ2n) is 3.22. The highest BCUT2D eigenvalue weighted by atomic mass is 35.5. The molecule has 0 aliphatic carbocycles. The molecule has 1 aromatic heterocycles. The molecular weight excluding hydrogens is 206 g/mol. The van der Waals surface area contributed by atoms with Gasteiger partial charge < -0.3 is 0 Å². The van der Waals surface area contributed by atoms with E-state index < -0.39 is 0 Å². The SMILES string of the molecule is Clc1ccc(/C=C/c2cc[nH+]cc2)cc1. The molecule has 74 valence electrons. The minimum atomic E-state index is 0.765. The molecule has 0 spiro atoms. The maximum Gasteiger partial charge on any atom is 0.167 e. The number of hydrogen-bond acceptors (Lipinski definition) is 0. The second-order valence-corrected chi connectivity index (χ2v) is 3.65. The fourth-order valence-corrected chi connectivity index (χ4v) is 1.40. The van der Waals surface area contributed by atoms with E-state index in [1.165, 1.54) is 5.56 Å². The van der Waals surface area contributed by atoms with Crippen LogP contribution in [-0.2, 0) is 0 Å². The summed E-state index contributed by atoms with van der Waals surface area (Å²) in [5.74, 6) is 0. The van der Waals surface area contributed by atoms with Crippen LogP contribution in [0.4, 0.5) is 0 Å². The number of hydrogen-bond donors (Lipinski definition) is 0. The molecule has 0 radical (unpaired) electrons. The molecule has 1 aromatic carbocycles. The number of halogens is 1. The van der Waals surface area contributed by atoms with E-state index in [0.717, 1.165) is 10.6 Å². The van der Waals surface area contributed by atoms with Gasteiger partial charge in [-0.2, -0.15) is 0 Å². The molecule has 2 aromatic rings. The molecule has 0 atom stereocenters. The van der Waals surface area contributed by atoms with Gasteiger partial charge in [-0.05, 0) is 23.3 Å². The van der Waals surface area contributed by atoms with E-state index in [1.54, 1.807) is 0 Å². The van der Waals surface area contributed by atoms with Crippen LogP contribution in [0.2, 0.25) is 5.02 Å². The van der Waals surface area contributed by atoms with Crippen molar-refractivity contribution in [1.29, 1.82) is 0 Å². The van der Waals surface area contributed by atoms with Crippen molar-refractivity contribution >= 4 is 23.8 Å².